The van der Waals surface area contributed by atoms with Gasteiger partial charge in [0.2, 0.25) is 0 Å². The summed E-state index contributed by atoms with van der Waals surface area (Å²) >= 11 is 0. The van der Waals surface area contributed by atoms with Crippen molar-refractivity contribution in [2.75, 3.05) is 0 Å². The molecule has 3 fully saturated rings. The molecule has 0 aromatic heterocycles. The number of benzene rings is 2. The highest BCUT2D eigenvalue weighted by atomic mass is 16.9. The van der Waals surface area contributed by atoms with Gasteiger partial charge in [-0.05, 0) is 39.1 Å². The topological polar surface area (TPSA) is 72.5 Å². The van der Waals surface area contributed by atoms with Crippen molar-refractivity contribution in [3.63, 3.8) is 0 Å². The zero-order valence-corrected chi connectivity index (χ0v) is 16.8. The molecule has 0 unspecified atom stereocenters. The van der Waals surface area contributed by atoms with Crippen molar-refractivity contribution in [1.82, 2.24) is 0 Å². The van der Waals surface area contributed by atoms with E-state index in [0.29, 0.717) is 5.75 Å². The zero-order valence-electron chi connectivity index (χ0n) is 16.8. The third-order valence-corrected chi connectivity index (χ3v) is 5.35. The number of carbonyl (C=O) groups is 1. The average molecular weight is 400 g/mol. The SMILES string of the molecule is CC1(C)O[C@H]2[C@@H](O1)[C@@H](C(=O)Oc1cccc3ccccc13)O[C@H]1OC(C)(C)O[C@@H]12. The molecule has 0 radical (unpaired) electrons. The van der Waals surface area contributed by atoms with Crippen LogP contribution in [0.15, 0.2) is 42.5 Å². The largest absolute Gasteiger partial charge is 0.424 e. The van der Waals surface area contributed by atoms with Crippen LogP contribution in [0.25, 0.3) is 10.8 Å². The van der Waals surface area contributed by atoms with E-state index in [1.165, 1.54) is 0 Å². The number of hydrogen-bond acceptors (Lipinski definition) is 7. The van der Waals surface area contributed by atoms with Crippen molar-refractivity contribution in [2.45, 2.75) is 70.0 Å². The molecular formula is C22H24O7. The van der Waals surface area contributed by atoms with Gasteiger partial charge in [-0.25, -0.2) is 4.79 Å². The maximum Gasteiger partial charge on any atom is 0.343 e. The first-order valence-corrected chi connectivity index (χ1v) is 9.79. The van der Waals surface area contributed by atoms with Crippen molar-refractivity contribution in [2.24, 2.45) is 0 Å². The van der Waals surface area contributed by atoms with Crippen LogP contribution in [0.4, 0.5) is 0 Å². The molecule has 3 heterocycles. The quantitative estimate of drug-likeness (QED) is 0.566. The van der Waals surface area contributed by atoms with Gasteiger partial charge in [0, 0.05) is 5.39 Å². The average Bonchev–Trinajstić information content (AvgIpc) is 3.15. The summed E-state index contributed by atoms with van der Waals surface area (Å²) in [6.07, 6.45) is -3.39. The lowest BCUT2D eigenvalue weighted by atomic mass is 9.99. The Morgan fingerprint density at radius 2 is 1.48 bits per heavy atom. The predicted octanol–water partition coefficient (Wildman–Crippen LogP) is 3.14. The first-order chi connectivity index (χ1) is 13.7. The van der Waals surface area contributed by atoms with Gasteiger partial charge in [-0.1, -0.05) is 36.4 Å². The Morgan fingerprint density at radius 3 is 2.31 bits per heavy atom. The number of esters is 1. The molecule has 0 spiro atoms. The maximum absolute atomic E-state index is 13.1. The monoisotopic (exact) mass is 400 g/mol. The first kappa shape index (κ1) is 19.0. The van der Waals surface area contributed by atoms with Gasteiger partial charge in [0.15, 0.2) is 24.0 Å². The number of ether oxygens (including phenoxy) is 6. The molecule has 7 nitrogen and oxygen atoms in total. The molecule has 0 amide bonds. The third-order valence-electron chi connectivity index (χ3n) is 5.35. The molecule has 0 aliphatic carbocycles. The normalized spacial score (nSPS) is 34.6. The van der Waals surface area contributed by atoms with Gasteiger partial charge in [-0.2, -0.15) is 0 Å². The second kappa shape index (κ2) is 6.48. The van der Waals surface area contributed by atoms with Crippen LogP contribution in [0.1, 0.15) is 27.7 Å². The van der Waals surface area contributed by atoms with Crippen LogP contribution in [0.3, 0.4) is 0 Å². The summed E-state index contributed by atoms with van der Waals surface area (Å²) in [6, 6.07) is 13.3. The van der Waals surface area contributed by atoms with Crippen LogP contribution in [0.5, 0.6) is 5.75 Å². The lowest BCUT2D eigenvalue weighted by molar-refractivity contribution is -0.236. The molecule has 3 saturated heterocycles. The fourth-order valence-electron chi connectivity index (χ4n) is 4.25. The van der Waals surface area contributed by atoms with Crippen molar-refractivity contribution in [3.05, 3.63) is 42.5 Å². The number of rotatable bonds is 2. The summed E-state index contributed by atoms with van der Waals surface area (Å²) in [7, 11) is 0. The van der Waals surface area contributed by atoms with Crippen molar-refractivity contribution >= 4 is 16.7 Å². The fraction of sp³-hybridized carbons (Fsp3) is 0.500. The van der Waals surface area contributed by atoms with E-state index in [4.69, 9.17) is 28.4 Å². The number of fused-ring (bicyclic) bond motifs is 4. The Balaban J connectivity index is 1.44. The fourth-order valence-corrected chi connectivity index (χ4v) is 4.25. The molecule has 2 aromatic carbocycles. The second-order valence-corrected chi connectivity index (χ2v) is 8.49. The van der Waals surface area contributed by atoms with E-state index in [-0.39, 0.29) is 0 Å². The Labute approximate surface area is 168 Å². The van der Waals surface area contributed by atoms with E-state index in [1.54, 1.807) is 33.8 Å². The van der Waals surface area contributed by atoms with Crippen LogP contribution < -0.4 is 4.74 Å². The molecule has 29 heavy (non-hydrogen) atoms. The van der Waals surface area contributed by atoms with Gasteiger partial charge in [0.25, 0.3) is 0 Å². The second-order valence-electron chi connectivity index (χ2n) is 8.49. The van der Waals surface area contributed by atoms with E-state index in [2.05, 4.69) is 0 Å². The molecular weight excluding hydrogens is 376 g/mol. The van der Waals surface area contributed by atoms with Crippen molar-refractivity contribution in [1.29, 1.82) is 0 Å². The van der Waals surface area contributed by atoms with Gasteiger partial charge in [-0.15, -0.1) is 0 Å². The van der Waals surface area contributed by atoms with Gasteiger partial charge < -0.3 is 28.4 Å². The van der Waals surface area contributed by atoms with E-state index >= 15 is 0 Å². The summed E-state index contributed by atoms with van der Waals surface area (Å²) < 4.78 is 35.6. The molecule has 5 atom stereocenters. The Hall–Kier alpha value is -2.03. The Kier molecular flexibility index (Phi) is 4.24. The molecule has 5 rings (SSSR count). The highest BCUT2D eigenvalue weighted by Gasteiger charge is 2.62. The molecule has 0 N–H and O–H groups in total. The van der Waals surface area contributed by atoms with E-state index in [1.807, 2.05) is 36.4 Å². The van der Waals surface area contributed by atoms with E-state index in [9.17, 15) is 4.79 Å². The highest BCUT2D eigenvalue weighted by molar-refractivity contribution is 5.91. The van der Waals surface area contributed by atoms with Crippen molar-refractivity contribution in [3.8, 4) is 5.75 Å². The maximum atomic E-state index is 13.1. The predicted molar refractivity (Wildman–Crippen MR) is 102 cm³/mol. The number of hydrogen-bond donors (Lipinski definition) is 0. The first-order valence-electron chi connectivity index (χ1n) is 9.79. The van der Waals surface area contributed by atoms with Crippen molar-refractivity contribution < 1.29 is 33.2 Å². The Morgan fingerprint density at radius 1 is 0.828 bits per heavy atom. The van der Waals surface area contributed by atoms with Gasteiger partial charge in [-0.3, -0.25) is 0 Å². The lowest BCUT2D eigenvalue weighted by Crippen LogP contribution is -2.58. The molecule has 0 saturated carbocycles. The molecule has 154 valence electrons. The minimum atomic E-state index is -1.00. The lowest BCUT2D eigenvalue weighted by Gasteiger charge is -2.35. The Bertz CT molecular complexity index is 948. The summed E-state index contributed by atoms with van der Waals surface area (Å²) in [5, 5.41) is 1.83. The van der Waals surface area contributed by atoms with Gasteiger partial charge >= 0.3 is 5.97 Å². The smallest absolute Gasteiger partial charge is 0.343 e. The molecule has 3 aliphatic heterocycles. The summed E-state index contributed by atoms with van der Waals surface area (Å²) in [5.74, 6) is -1.80. The summed E-state index contributed by atoms with van der Waals surface area (Å²) in [6.45, 7) is 7.20. The van der Waals surface area contributed by atoms with Crippen LogP contribution in [0.2, 0.25) is 0 Å². The molecule has 7 heteroatoms. The van der Waals surface area contributed by atoms with Crippen LogP contribution >= 0.6 is 0 Å². The highest BCUT2D eigenvalue weighted by Crippen LogP contribution is 2.44. The standard InChI is InChI=1S/C22H24O7/c1-21(2)26-15-16(27-21)18-20(29-22(3,4)28-18)25-17(15)19(23)24-14-11-7-9-12-8-5-6-10-13(12)14/h5-11,15-18,20H,1-4H3/t15-,16+,17+,18-,20+/m1/s1. The van der Waals surface area contributed by atoms with E-state index in [0.717, 1.165) is 10.8 Å². The molecule has 3 aliphatic rings. The molecule has 2 aromatic rings. The minimum absolute atomic E-state index is 0.470. The minimum Gasteiger partial charge on any atom is -0.424 e. The van der Waals surface area contributed by atoms with Gasteiger partial charge in [0.05, 0.1) is 0 Å². The van der Waals surface area contributed by atoms with Crippen LogP contribution in [-0.4, -0.2) is 48.2 Å². The zero-order chi connectivity index (χ0) is 20.4. The summed E-state index contributed by atoms with van der Waals surface area (Å²) in [5.41, 5.74) is 0. The van der Waals surface area contributed by atoms with E-state index < -0.39 is 48.2 Å². The molecule has 0 bridgehead atoms. The summed E-state index contributed by atoms with van der Waals surface area (Å²) in [4.78, 5) is 13.1. The van der Waals surface area contributed by atoms with Crippen LogP contribution in [-0.2, 0) is 28.5 Å². The van der Waals surface area contributed by atoms with Crippen LogP contribution in [0, 0.1) is 0 Å². The van der Waals surface area contributed by atoms with Gasteiger partial charge in [0.1, 0.15) is 24.1 Å². The number of carbonyl (C=O) groups excluding carboxylic acids is 1. The third kappa shape index (κ3) is 3.33.